The molecule has 2 aliphatic heterocycles. The van der Waals surface area contributed by atoms with Crippen molar-refractivity contribution in [2.75, 3.05) is 13.1 Å². The molecule has 0 saturated heterocycles. The zero-order chi connectivity index (χ0) is 22.0. The summed E-state index contributed by atoms with van der Waals surface area (Å²) in [4.78, 5) is 19.2. The number of sulfonamides is 1. The highest BCUT2D eigenvalue weighted by Gasteiger charge is 2.30. The lowest BCUT2D eigenvalue weighted by Gasteiger charge is -2.35. The molecule has 164 valence electrons. The standard InChI is InChI=1S/C23H26FN3O3S/c1-16-20-15-18(24)11-10-17(20)12-14-27(16)22(28)9-3-2-6-13-25-23-19-7-4-5-8-21(19)31(29,30)26-23/h4-5,7-8,10-11,15-16H,2-3,6,9,12-14H2,1H3,(H,25,26). The number of amidine groups is 1. The molecule has 0 spiro atoms. The normalized spacial score (nSPS) is 20.3. The Morgan fingerprint density at radius 1 is 1.19 bits per heavy atom. The summed E-state index contributed by atoms with van der Waals surface area (Å²) in [7, 11) is -3.51. The van der Waals surface area contributed by atoms with Crippen molar-refractivity contribution in [1.82, 2.24) is 9.62 Å². The highest BCUT2D eigenvalue weighted by atomic mass is 32.2. The number of unbranched alkanes of at least 4 members (excludes halogenated alkanes) is 2. The van der Waals surface area contributed by atoms with E-state index in [0.29, 0.717) is 30.9 Å². The highest BCUT2D eigenvalue weighted by molar-refractivity contribution is 7.90. The number of halogens is 1. The second-order valence-corrected chi connectivity index (χ2v) is 9.65. The van der Waals surface area contributed by atoms with Gasteiger partial charge in [-0.05, 0) is 61.6 Å². The van der Waals surface area contributed by atoms with Crippen molar-refractivity contribution in [3.63, 3.8) is 0 Å². The Kier molecular flexibility index (Phi) is 6.09. The molecule has 1 amide bonds. The van der Waals surface area contributed by atoms with Gasteiger partial charge in [-0.15, -0.1) is 0 Å². The van der Waals surface area contributed by atoms with Gasteiger partial charge in [-0.1, -0.05) is 24.6 Å². The van der Waals surface area contributed by atoms with Crippen LogP contribution in [-0.2, 0) is 21.2 Å². The van der Waals surface area contributed by atoms with Crippen LogP contribution < -0.4 is 4.72 Å². The predicted octanol–water partition coefficient (Wildman–Crippen LogP) is 3.57. The maximum absolute atomic E-state index is 13.6. The van der Waals surface area contributed by atoms with Crippen LogP contribution in [-0.4, -0.2) is 38.2 Å². The Hall–Kier alpha value is -2.74. The van der Waals surface area contributed by atoms with Crippen molar-refractivity contribution in [1.29, 1.82) is 0 Å². The van der Waals surface area contributed by atoms with Crippen LogP contribution in [0.3, 0.4) is 0 Å². The van der Waals surface area contributed by atoms with Crippen molar-refractivity contribution in [2.45, 2.75) is 50.0 Å². The van der Waals surface area contributed by atoms with Crippen molar-refractivity contribution in [3.8, 4) is 0 Å². The van der Waals surface area contributed by atoms with Gasteiger partial charge in [0.1, 0.15) is 11.7 Å². The van der Waals surface area contributed by atoms with E-state index in [1.165, 1.54) is 12.1 Å². The molecule has 2 heterocycles. The molecule has 1 unspecified atom stereocenters. The van der Waals surface area contributed by atoms with Crippen LogP contribution in [0.25, 0.3) is 0 Å². The van der Waals surface area contributed by atoms with Gasteiger partial charge in [0.05, 0.1) is 10.9 Å². The second kappa shape index (κ2) is 8.78. The Bertz CT molecular complexity index is 1130. The van der Waals surface area contributed by atoms with Crippen molar-refractivity contribution < 1.29 is 17.6 Å². The van der Waals surface area contributed by atoms with Gasteiger partial charge in [0.25, 0.3) is 10.0 Å². The largest absolute Gasteiger partial charge is 0.336 e. The first kappa shape index (κ1) is 21.5. The smallest absolute Gasteiger partial charge is 0.263 e. The van der Waals surface area contributed by atoms with Gasteiger partial charge in [-0.3, -0.25) is 14.5 Å². The molecule has 31 heavy (non-hydrogen) atoms. The minimum atomic E-state index is -3.51. The minimum absolute atomic E-state index is 0.0891. The quantitative estimate of drug-likeness (QED) is 0.694. The number of aliphatic imine (C=N–C) groups is 1. The molecule has 6 nitrogen and oxygen atoms in total. The van der Waals surface area contributed by atoms with Gasteiger partial charge in [0.2, 0.25) is 5.91 Å². The fourth-order valence-corrected chi connectivity index (χ4v) is 5.53. The average molecular weight is 444 g/mol. The lowest BCUT2D eigenvalue weighted by atomic mass is 9.93. The molecule has 2 aromatic rings. The van der Waals surface area contributed by atoms with Gasteiger partial charge >= 0.3 is 0 Å². The van der Waals surface area contributed by atoms with E-state index >= 15 is 0 Å². The van der Waals surface area contributed by atoms with E-state index in [1.54, 1.807) is 24.3 Å². The number of hydrogen-bond donors (Lipinski definition) is 1. The topological polar surface area (TPSA) is 78.8 Å². The summed E-state index contributed by atoms with van der Waals surface area (Å²) in [6.45, 7) is 3.10. The van der Waals surface area contributed by atoms with Crippen LogP contribution in [0, 0.1) is 5.82 Å². The molecular formula is C23H26FN3O3S. The van der Waals surface area contributed by atoms with E-state index in [1.807, 2.05) is 17.9 Å². The lowest BCUT2D eigenvalue weighted by Crippen LogP contribution is -2.38. The maximum Gasteiger partial charge on any atom is 0.263 e. The number of hydrogen-bond acceptors (Lipinski definition) is 4. The number of amides is 1. The van der Waals surface area contributed by atoms with E-state index in [2.05, 4.69) is 9.71 Å². The lowest BCUT2D eigenvalue weighted by molar-refractivity contribution is -0.133. The number of nitrogens with one attached hydrogen (secondary N) is 1. The van der Waals surface area contributed by atoms with Crippen LogP contribution in [0.15, 0.2) is 52.4 Å². The SMILES string of the molecule is CC1c2cc(F)ccc2CCN1C(=O)CCCCCN=C1NS(=O)(=O)c2ccccc21. The van der Waals surface area contributed by atoms with Crippen LogP contribution >= 0.6 is 0 Å². The maximum atomic E-state index is 13.6. The van der Waals surface area contributed by atoms with Crippen molar-refractivity contribution in [2.24, 2.45) is 4.99 Å². The van der Waals surface area contributed by atoms with Crippen LogP contribution in [0.2, 0.25) is 0 Å². The number of benzene rings is 2. The number of fused-ring (bicyclic) bond motifs is 2. The molecule has 2 aromatic carbocycles. The third-order valence-corrected chi connectivity index (χ3v) is 7.35. The average Bonchev–Trinajstić information content (AvgIpc) is 3.01. The van der Waals surface area contributed by atoms with E-state index in [4.69, 9.17) is 0 Å². The highest BCUT2D eigenvalue weighted by Crippen LogP contribution is 2.30. The summed E-state index contributed by atoms with van der Waals surface area (Å²) in [5.41, 5.74) is 2.62. The Labute approximate surface area is 182 Å². The first-order valence-electron chi connectivity index (χ1n) is 10.6. The monoisotopic (exact) mass is 443 g/mol. The number of nitrogens with zero attached hydrogens (tertiary/aromatic N) is 2. The van der Waals surface area contributed by atoms with E-state index in [-0.39, 0.29) is 22.7 Å². The molecule has 0 fully saturated rings. The Morgan fingerprint density at radius 2 is 2.00 bits per heavy atom. The van der Waals surface area contributed by atoms with Gasteiger partial charge in [0.15, 0.2) is 0 Å². The van der Waals surface area contributed by atoms with Gasteiger partial charge in [-0.25, -0.2) is 12.8 Å². The zero-order valence-electron chi connectivity index (χ0n) is 17.5. The Morgan fingerprint density at radius 3 is 2.84 bits per heavy atom. The van der Waals surface area contributed by atoms with Gasteiger partial charge < -0.3 is 4.90 Å². The summed E-state index contributed by atoms with van der Waals surface area (Å²) in [6, 6.07) is 11.5. The number of carbonyl (C=O) groups is 1. The van der Waals surface area contributed by atoms with Gasteiger partial charge in [0, 0.05) is 25.1 Å². The molecular weight excluding hydrogens is 417 g/mol. The first-order chi connectivity index (χ1) is 14.9. The third kappa shape index (κ3) is 4.49. The predicted molar refractivity (Wildman–Crippen MR) is 117 cm³/mol. The second-order valence-electron chi connectivity index (χ2n) is 8.00. The molecule has 0 bridgehead atoms. The summed E-state index contributed by atoms with van der Waals surface area (Å²) in [6.07, 6.45) is 3.53. The zero-order valence-corrected chi connectivity index (χ0v) is 18.3. The molecule has 0 aromatic heterocycles. The number of carbonyl (C=O) groups excluding carboxylic acids is 1. The molecule has 0 radical (unpaired) electrons. The minimum Gasteiger partial charge on any atom is -0.336 e. The van der Waals surface area contributed by atoms with E-state index < -0.39 is 10.0 Å². The first-order valence-corrected chi connectivity index (χ1v) is 12.1. The van der Waals surface area contributed by atoms with E-state index in [9.17, 15) is 17.6 Å². The fraction of sp³-hybridized carbons (Fsp3) is 0.391. The van der Waals surface area contributed by atoms with Crippen molar-refractivity contribution in [3.05, 3.63) is 65.0 Å². The molecule has 1 atom stereocenters. The number of rotatable bonds is 6. The molecule has 8 heteroatoms. The molecule has 2 aliphatic rings. The third-order valence-electron chi connectivity index (χ3n) is 5.95. The molecule has 0 aliphatic carbocycles. The fourth-order valence-electron chi connectivity index (χ4n) is 4.28. The van der Waals surface area contributed by atoms with Crippen LogP contribution in [0.1, 0.15) is 55.3 Å². The molecule has 1 N–H and O–H groups in total. The van der Waals surface area contributed by atoms with Gasteiger partial charge in [-0.2, -0.15) is 0 Å². The van der Waals surface area contributed by atoms with E-state index in [0.717, 1.165) is 36.8 Å². The molecule has 4 rings (SSSR count). The summed E-state index contributed by atoms with van der Waals surface area (Å²) < 4.78 is 40.3. The summed E-state index contributed by atoms with van der Waals surface area (Å²) in [5, 5.41) is 0. The summed E-state index contributed by atoms with van der Waals surface area (Å²) in [5.74, 6) is 0.208. The molecule has 0 saturated carbocycles. The Balaban J connectivity index is 1.25. The van der Waals surface area contributed by atoms with Crippen molar-refractivity contribution >= 4 is 21.8 Å². The summed E-state index contributed by atoms with van der Waals surface area (Å²) >= 11 is 0. The van der Waals surface area contributed by atoms with Crippen LogP contribution in [0.4, 0.5) is 4.39 Å². The van der Waals surface area contributed by atoms with Crippen LogP contribution in [0.5, 0.6) is 0 Å².